The Labute approximate surface area is 95.0 Å². The molecule has 0 aliphatic rings. The van der Waals surface area contributed by atoms with Gasteiger partial charge in [0.1, 0.15) is 24.7 Å². The summed E-state index contributed by atoms with van der Waals surface area (Å²) >= 11 is 0. The van der Waals surface area contributed by atoms with Crippen molar-refractivity contribution in [3.63, 3.8) is 0 Å². The molecule has 0 aliphatic heterocycles. The zero-order chi connectivity index (χ0) is 11.8. The van der Waals surface area contributed by atoms with E-state index in [9.17, 15) is 4.79 Å². The molecule has 0 heterocycles. The molecular formula is C13H14O3. The molecular weight excluding hydrogens is 204 g/mol. The first-order valence-corrected chi connectivity index (χ1v) is 4.88. The monoisotopic (exact) mass is 218 g/mol. The molecule has 16 heavy (non-hydrogen) atoms. The predicted molar refractivity (Wildman–Crippen MR) is 63.2 cm³/mol. The third-order valence-electron chi connectivity index (χ3n) is 1.83. The number of ether oxygens (including phenoxy) is 2. The Bertz CT molecular complexity index is 383. The zero-order valence-corrected chi connectivity index (χ0v) is 9.02. The van der Waals surface area contributed by atoms with Gasteiger partial charge < -0.3 is 9.47 Å². The molecule has 0 aliphatic carbocycles. The van der Waals surface area contributed by atoms with Crippen molar-refractivity contribution >= 4 is 6.29 Å². The number of hydrogen-bond acceptors (Lipinski definition) is 3. The Kier molecular flexibility index (Phi) is 4.86. The van der Waals surface area contributed by atoms with Crippen LogP contribution in [0.4, 0.5) is 0 Å². The number of aldehydes is 1. The van der Waals surface area contributed by atoms with E-state index in [1.165, 1.54) is 0 Å². The minimum absolute atomic E-state index is 0.369. The van der Waals surface area contributed by atoms with Gasteiger partial charge in [-0.25, -0.2) is 0 Å². The van der Waals surface area contributed by atoms with Crippen molar-refractivity contribution in [1.82, 2.24) is 0 Å². The summed E-state index contributed by atoms with van der Waals surface area (Å²) in [6, 6.07) is 5.08. The molecule has 1 aromatic carbocycles. The molecule has 0 amide bonds. The fraction of sp³-hybridized carbons (Fsp3) is 0.154. The maximum atomic E-state index is 10.8. The normalized spacial score (nSPS) is 9.25. The molecule has 0 saturated heterocycles. The highest BCUT2D eigenvalue weighted by Gasteiger charge is 2.04. The number of carbonyl (C=O) groups excluding carboxylic acids is 1. The molecule has 1 aromatic rings. The van der Waals surface area contributed by atoms with Gasteiger partial charge >= 0.3 is 0 Å². The average molecular weight is 218 g/mol. The average Bonchev–Trinajstić information content (AvgIpc) is 2.34. The van der Waals surface area contributed by atoms with Gasteiger partial charge in [-0.05, 0) is 18.2 Å². The largest absolute Gasteiger partial charge is 0.490 e. The summed E-state index contributed by atoms with van der Waals surface area (Å²) in [5, 5.41) is 0. The lowest BCUT2D eigenvalue weighted by Crippen LogP contribution is -1.98. The van der Waals surface area contributed by atoms with Gasteiger partial charge in [-0.2, -0.15) is 0 Å². The summed E-state index contributed by atoms with van der Waals surface area (Å²) in [5.74, 6) is 1.15. The molecule has 3 heteroatoms. The van der Waals surface area contributed by atoms with E-state index in [4.69, 9.17) is 9.47 Å². The van der Waals surface area contributed by atoms with Crippen LogP contribution in [0.3, 0.4) is 0 Å². The molecule has 0 N–H and O–H groups in total. The molecule has 84 valence electrons. The fourth-order valence-electron chi connectivity index (χ4n) is 1.14. The Balaban J connectivity index is 2.83. The van der Waals surface area contributed by atoms with Gasteiger partial charge in [0.05, 0.1) is 5.56 Å². The highest BCUT2D eigenvalue weighted by atomic mass is 16.5. The lowest BCUT2D eigenvalue weighted by atomic mass is 10.2. The van der Waals surface area contributed by atoms with E-state index in [2.05, 4.69) is 13.2 Å². The summed E-state index contributed by atoms with van der Waals surface area (Å²) < 4.78 is 10.6. The van der Waals surface area contributed by atoms with Gasteiger partial charge in [0.15, 0.2) is 6.29 Å². The molecule has 0 aromatic heterocycles. The lowest BCUT2D eigenvalue weighted by Gasteiger charge is -2.08. The highest BCUT2D eigenvalue weighted by molar-refractivity contribution is 5.80. The van der Waals surface area contributed by atoms with Crippen LogP contribution in [-0.2, 0) is 0 Å². The van der Waals surface area contributed by atoms with Gasteiger partial charge in [-0.3, -0.25) is 4.79 Å². The maximum absolute atomic E-state index is 10.8. The number of rotatable bonds is 7. The first kappa shape index (κ1) is 12.0. The van der Waals surface area contributed by atoms with Crippen molar-refractivity contribution in [3.05, 3.63) is 49.1 Å². The fourth-order valence-corrected chi connectivity index (χ4v) is 1.14. The van der Waals surface area contributed by atoms with E-state index < -0.39 is 0 Å². The van der Waals surface area contributed by atoms with Crippen molar-refractivity contribution in [2.75, 3.05) is 13.2 Å². The van der Waals surface area contributed by atoms with Gasteiger partial charge in [0.2, 0.25) is 0 Å². The highest BCUT2D eigenvalue weighted by Crippen LogP contribution is 2.22. The molecule has 0 saturated carbocycles. The SMILES string of the molecule is C=CCOc1ccc(OCC=C)c(C=O)c1. The van der Waals surface area contributed by atoms with Crippen molar-refractivity contribution < 1.29 is 14.3 Å². The van der Waals surface area contributed by atoms with E-state index in [1.54, 1.807) is 30.4 Å². The quantitative estimate of drug-likeness (QED) is 0.521. The third-order valence-corrected chi connectivity index (χ3v) is 1.83. The molecule has 0 unspecified atom stereocenters. The van der Waals surface area contributed by atoms with Gasteiger partial charge in [-0.1, -0.05) is 25.3 Å². The van der Waals surface area contributed by atoms with E-state index in [0.717, 1.165) is 6.29 Å². The topological polar surface area (TPSA) is 35.5 Å². The van der Waals surface area contributed by atoms with Crippen molar-refractivity contribution in [1.29, 1.82) is 0 Å². The second-order valence-electron chi connectivity index (χ2n) is 3.02. The van der Waals surface area contributed by atoms with Crippen LogP contribution in [-0.4, -0.2) is 19.5 Å². The third kappa shape index (κ3) is 3.28. The van der Waals surface area contributed by atoms with Crippen LogP contribution in [0.15, 0.2) is 43.5 Å². The molecule has 0 fully saturated rings. The van der Waals surface area contributed by atoms with Crippen LogP contribution in [0.2, 0.25) is 0 Å². The number of carbonyl (C=O) groups is 1. The predicted octanol–water partition coefficient (Wildman–Crippen LogP) is 2.63. The van der Waals surface area contributed by atoms with Crippen molar-refractivity contribution in [2.24, 2.45) is 0 Å². The van der Waals surface area contributed by atoms with E-state index in [0.29, 0.717) is 30.3 Å². The molecule has 1 rings (SSSR count). The summed E-state index contributed by atoms with van der Waals surface area (Å²) in [6.07, 6.45) is 4.00. The summed E-state index contributed by atoms with van der Waals surface area (Å²) in [7, 11) is 0. The minimum atomic E-state index is 0.369. The van der Waals surface area contributed by atoms with Gasteiger partial charge in [-0.15, -0.1) is 0 Å². The lowest BCUT2D eigenvalue weighted by molar-refractivity contribution is 0.111. The van der Waals surface area contributed by atoms with Gasteiger partial charge in [0, 0.05) is 0 Å². The first-order chi connectivity index (χ1) is 7.81. The van der Waals surface area contributed by atoms with E-state index in [1.807, 2.05) is 0 Å². The molecule has 0 atom stereocenters. The second-order valence-corrected chi connectivity index (χ2v) is 3.02. The number of benzene rings is 1. The smallest absolute Gasteiger partial charge is 0.153 e. The summed E-state index contributed by atoms with van der Waals surface area (Å²) in [4.78, 5) is 10.8. The summed E-state index contributed by atoms with van der Waals surface area (Å²) in [5.41, 5.74) is 0.461. The van der Waals surface area contributed by atoms with Crippen molar-refractivity contribution in [2.45, 2.75) is 0 Å². The number of hydrogen-bond donors (Lipinski definition) is 0. The molecule has 3 nitrogen and oxygen atoms in total. The summed E-state index contributed by atoms with van der Waals surface area (Å²) in [6.45, 7) is 7.86. The molecule has 0 radical (unpaired) electrons. The van der Waals surface area contributed by atoms with Crippen LogP contribution in [0.5, 0.6) is 11.5 Å². The van der Waals surface area contributed by atoms with Crippen LogP contribution >= 0.6 is 0 Å². The van der Waals surface area contributed by atoms with Crippen LogP contribution < -0.4 is 9.47 Å². The zero-order valence-electron chi connectivity index (χ0n) is 9.02. The molecule has 0 spiro atoms. The van der Waals surface area contributed by atoms with Gasteiger partial charge in [0.25, 0.3) is 0 Å². The van der Waals surface area contributed by atoms with Crippen LogP contribution in [0.25, 0.3) is 0 Å². The minimum Gasteiger partial charge on any atom is -0.490 e. The van der Waals surface area contributed by atoms with Crippen molar-refractivity contribution in [3.8, 4) is 11.5 Å². The van der Waals surface area contributed by atoms with E-state index in [-0.39, 0.29) is 0 Å². The standard InChI is InChI=1S/C13H14O3/c1-3-7-15-12-5-6-13(16-8-4-2)11(9-12)10-14/h3-6,9-10H,1-2,7-8H2. The second kappa shape index (κ2) is 6.45. The maximum Gasteiger partial charge on any atom is 0.153 e. The van der Waals surface area contributed by atoms with Crippen LogP contribution in [0, 0.1) is 0 Å². The van der Waals surface area contributed by atoms with Crippen LogP contribution in [0.1, 0.15) is 10.4 Å². The Morgan fingerprint density at radius 1 is 1.12 bits per heavy atom. The molecule has 0 bridgehead atoms. The Morgan fingerprint density at radius 2 is 1.81 bits per heavy atom. The Morgan fingerprint density at radius 3 is 2.44 bits per heavy atom. The Hall–Kier alpha value is -2.03. The van der Waals surface area contributed by atoms with E-state index >= 15 is 0 Å². The first-order valence-electron chi connectivity index (χ1n) is 4.88.